The lowest BCUT2D eigenvalue weighted by atomic mass is 9.98. The zero-order valence-corrected chi connectivity index (χ0v) is 11.7. The number of nitrogen functional groups attached to an aromatic ring is 1. The number of benzene rings is 1. The van der Waals surface area contributed by atoms with Gasteiger partial charge in [0.2, 0.25) is 5.95 Å². The summed E-state index contributed by atoms with van der Waals surface area (Å²) < 4.78 is 2.06. The normalized spacial score (nSPS) is 20.1. The maximum atomic E-state index is 9.03. The Morgan fingerprint density at radius 3 is 3.10 bits per heavy atom. The molecule has 0 bridgehead atoms. The van der Waals surface area contributed by atoms with Crippen molar-refractivity contribution in [3.05, 3.63) is 23.8 Å². The van der Waals surface area contributed by atoms with Crippen LogP contribution in [0.3, 0.4) is 0 Å². The SMILES string of the molecule is CN1CCCC(Cn2c(N)nc3ccc(C#N)cc32)C1. The molecule has 0 radical (unpaired) electrons. The Labute approximate surface area is 118 Å². The van der Waals surface area contributed by atoms with Crippen LogP contribution in [0.5, 0.6) is 0 Å². The van der Waals surface area contributed by atoms with E-state index >= 15 is 0 Å². The summed E-state index contributed by atoms with van der Waals surface area (Å²) in [5, 5.41) is 9.03. The van der Waals surface area contributed by atoms with E-state index in [0.29, 0.717) is 17.4 Å². The maximum absolute atomic E-state index is 9.03. The minimum Gasteiger partial charge on any atom is -0.369 e. The molecule has 1 aromatic carbocycles. The zero-order chi connectivity index (χ0) is 14.1. The molecule has 5 nitrogen and oxygen atoms in total. The van der Waals surface area contributed by atoms with Gasteiger partial charge in [-0.1, -0.05) is 0 Å². The Balaban J connectivity index is 1.94. The predicted octanol–water partition coefficient (Wildman–Crippen LogP) is 1.83. The Morgan fingerprint density at radius 1 is 1.50 bits per heavy atom. The van der Waals surface area contributed by atoms with E-state index in [0.717, 1.165) is 24.1 Å². The van der Waals surface area contributed by atoms with Crippen LogP contribution in [0, 0.1) is 17.2 Å². The van der Waals surface area contributed by atoms with Gasteiger partial charge < -0.3 is 15.2 Å². The van der Waals surface area contributed by atoms with Gasteiger partial charge >= 0.3 is 0 Å². The Bertz CT molecular complexity index is 667. The third kappa shape index (κ3) is 2.35. The van der Waals surface area contributed by atoms with Gasteiger partial charge in [0.15, 0.2) is 0 Å². The van der Waals surface area contributed by atoms with Crippen LogP contribution < -0.4 is 5.73 Å². The molecule has 0 spiro atoms. The molecule has 1 fully saturated rings. The summed E-state index contributed by atoms with van der Waals surface area (Å²) in [5.74, 6) is 1.14. The second kappa shape index (κ2) is 5.14. The second-order valence-corrected chi connectivity index (χ2v) is 5.67. The largest absolute Gasteiger partial charge is 0.369 e. The van der Waals surface area contributed by atoms with Crippen molar-refractivity contribution >= 4 is 17.0 Å². The molecule has 5 heteroatoms. The highest BCUT2D eigenvalue weighted by atomic mass is 15.2. The summed E-state index contributed by atoms with van der Waals surface area (Å²) in [6, 6.07) is 7.71. The first kappa shape index (κ1) is 12.9. The number of nitrogens with zero attached hydrogens (tertiary/aromatic N) is 4. The molecule has 1 aromatic heterocycles. The summed E-state index contributed by atoms with van der Waals surface area (Å²) in [7, 11) is 2.16. The van der Waals surface area contributed by atoms with Gasteiger partial charge in [-0.15, -0.1) is 0 Å². The lowest BCUT2D eigenvalue weighted by Crippen LogP contribution is -2.34. The number of nitrogens with two attached hydrogens (primary N) is 1. The van der Waals surface area contributed by atoms with E-state index in [2.05, 4.69) is 27.6 Å². The van der Waals surface area contributed by atoms with Crippen LogP contribution in [0.4, 0.5) is 5.95 Å². The molecular weight excluding hydrogens is 250 g/mol. The highest BCUT2D eigenvalue weighted by Crippen LogP contribution is 2.24. The smallest absolute Gasteiger partial charge is 0.201 e. The van der Waals surface area contributed by atoms with Gasteiger partial charge in [0.05, 0.1) is 22.7 Å². The topological polar surface area (TPSA) is 70.9 Å². The first-order valence-corrected chi connectivity index (χ1v) is 7.02. The summed E-state index contributed by atoms with van der Waals surface area (Å²) in [6.07, 6.45) is 2.46. The van der Waals surface area contributed by atoms with Crippen molar-refractivity contribution in [1.29, 1.82) is 5.26 Å². The average Bonchev–Trinajstić information content (AvgIpc) is 2.74. The average molecular weight is 269 g/mol. The van der Waals surface area contributed by atoms with Crippen molar-refractivity contribution in [2.45, 2.75) is 19.4 Å². The second-order valence-electron chi connectivity index (χ2n) is 5.67. The quantitative estimate of drug-likeness (QED) is 0.903. The fraction of sp³-hybridized carbons (Fsp3) is 0.467. The molecule has 0 amide bonds. The predicted molar refractivity (Wildman–Crippen MR) is 79.1 cm³/mol. The molecule has 1 aliphatic rings. The van der Waals surface area contributed by atoms with E-state index < -0.39 is 0 Å². The number of imidazole rings is 1. The minimum absolute atomic E-state index is 0.545. The molecule has 2 N–H and O–H groups in total. The molecular formula is C15H19N5. The summed E-state index contributed by atoms with van der Waals surface area (Å²) >= 11 is 0. The highest BCUT2D eigenvalue weighted by Gasteiger charge is 2.19. The first-order chi connectivity index (χ1) is 9.67. The fourth-order valence-corrected chi connectivity index (χ4v) is 3.08. The Hall–Kier alpha value is -2.06. The molecule has 2 heterocycles. The number of hydrogen-bond donors (Lipinski definition) is 1. The standard InChI is InChI=1S/C15H19N5/c1-19-6-2-3-12(9-19)10-20-14-7-11(8-16)4-5-13(14)18-15(20)17/h4-5,7,12H,2-3,6,9-10H2,1H3,(H2,17,18). The Kier molecular flexibility index (Phi) is 3.33. The first-order valence-electron chi connectivity index (χ1n) is 7.02. The minimum atomic E-state index is 0.545. The number of nitriles is 1. The van der Waals surface area contributed by atoms with Crippen molar-refractivity contribution in [2.75, 3.05) is 25.9 Å². The van der Waals surface area contributed by atoms with Crippen molar-refractivity contribution < 1.29 is 0 Å². The molecule has 1 aliphatic heterocycles. The third-order valence-corrected chi connectivity index (χ3v) is 4.07. The number of fused-ring (bicyclic) bond motifs is 1. The van der Waals surface area contributed by atoms with Crippen LogP contribution in [0.15, 0.2) is 18.2 Å². The van der Waals surface area contributed by atoms with E-state index in [1.807, 2.05) is 12.1 Å². The number of aromatic nitrogens is 2. The monoisotopic (exact) mass is 269 g/mol. The van der Waals surface area contributed by atoms with Crippen LogP contribution >= 0.6 is 0 Å². The molecule has 1 unspecified atom stereocenters. The van der Waals surface area contributed by atoms with Crippen LogP contribution in [0.2, 0.25) is 0 Å². The molecule has 1 atom stereocenters. The number of piperidine rings is 1. The number of likely N-dealkylation sites (tertiary alicyclic amines) is 1. The van der Waals surface area contributed by atoms with Crippen molar-refractivity contribution in [2.24, 2.45) is 5.92 Å². The lowest BCUT2D eigenvalue weighted by Gasteiger charge is -2.30. The van der Waals surface area contributed by atoms with Gasteiger partial charge in [0, 0.05) is 13.1 Å². The zero-order valence-electron chi connectivity index (χ0n) is 11.7. The van der Waals surface area contributed by atoms with E-state index in [9.17, 15) is 0 Å². The van der Waals surface area contributed by atoms with Gasteiger partial charge in [-0.3, -0.25) is 0 Å². The molecule has 0 aliphatic carbocycles. The van der Waals surface area contributed by atoms with E-state index in [1.165, 1.54) is 19.4 Å². The lowest BCUT2D eigenvalue weighted by molar-refractivity contribution is 0.196. The van der Waals surface area contributed by atoms with Gasteiger partial charge in [0.25, 0.3) is 0 Å². The molecule has 3 rings (SSSR count). The van der Waals surface area contributed by atoms with Gasteiger partial charge in [-0.25, -0.2) is 4.98 Å². The maximum Gasteiger partial charge on any atom is 0.201 e. The van der Waals surface area contributed by atoms with E-state index in [4.69, 9.17) is 11.0 Å². The summed E-state index contributed by atoms with van der Waals surface area (Å²) in [6.45, 7) is 3.15. The number of hydrogen-bond acceptors (Lipinski definition) is 4. The van der Waals surface area contributed by atoms with Crippen LogP contribution in [-0.2, 0) is 6.54 Å². The van der Waals surface area contributed by atoms with Crippen LogP contribution in [0.1, 0.15) is 18.4 Å². The Morgan fingerprint density at radius 2 is 2.35 bits per heavy atom. The van der Waals surface area contributed by atoms with Crippen molar-refractivity contribution in [1.82, 2.24) is 14.5 Å². The molecule has 104 valence electrons. The van der Waals surface area contributed by atoms with Crippen molar-refractivity contribution in [3.63, 3.8) is 0 Å². The van der Waals surface area contributed by atoms with E-state index in [-0.39, 0.29) is 0 Å². The van der Waals surface area contributed by atoms with Gasteiger partial charge in [-0.2, -0.15) is 5.26 Å². The summed E-state index contributed by atoms with van der Waals surface area (Å²) in [5.41, 5.74) is 8.54. The van der Waals surface area contributed by atoms with Crippen LogP contribution in [-0.4, -0.2) is 34.6 Å². The van der Waals surface area contributed by atoms with Crippen LogP contribution in [0.25, 0.3) is 11.0 Å². The number of anilines is 1. The summed E-state index contributed by atoms with van der Waals surface area (Å²) in [4.78, 5) is 6.76. The molecule has 2 aromatic rings. The van der Waals surface area contributed by atoms with Gasteiger partial charge in [-0.05, 0) is 50.6 Å². The molecule has 1 saturated heterocycles. The molecule has 0 saturated carbocycles. The number of rotatable bonds is 2. The van der Waals surface area contributed by atoms with Gasteiger partial charge in [0.1, 0.15) is 0 Å². The highest BCUT2D eigenvalue weighted by molar-refractivity contribution is 5.79. The third-order valence-electron chi connectivity index (χ3n) is 4.07. The molecule has 20 heavy (non-hydrogen) atoms. The van der Waals surface area contributed by atoms with E-state index in [1.54, 1.807) is 6.07 Å². The fourth-order valence-electron chi connectivity index (χ4n) is 3.08. The van der Waals surface area contributed by atoms with Crippen molar-refractivity contribution in [3.8, 4) is 6.07 Å².